The summed E-state index contributed by atoms with van der Waals surface area (Å²) in [5.74, 6) is 0.582. The molecule has 1 aliphatic rings. The Morgan fingerprint density at radius 3 is 3.00 bits per heavy atom. The molecule has 0 N–H and O–H groups in total. The first-order valence-corrected chi connectivity index (χ1v) is 6.32. The van der Waals surface area contributed by atoms with Crippen molar-refractivity contribution < 1.29 is 9.13 Å². The first-order valence-electron chi connectivity index (χ1n) is 4.41. The van der Waals surface area contributed by atoms with E-state index in [0.29, 0.717) is 4.47 Å². The van der Waals surface area contributed by atoms with Crippen LogP contribution in [-0.4, -0.2) is 11.4 Å². The molecule has 0 radical (unpaired) electrons. The Balaban J connectivity index is 2.37. The molecule has 0 amide bonds. The van der Waals surface area contributed by atoms with E-state index in [0.717, 1.165) is 29.5 Å². The van der Waals surface area contributed by atoms with Crippen molar-refractivity contribution in [2.75, 3.05) is 5.33 Å². The molecule has 1 heterocycles. The van der Waals surface area contributed by atoms with Crippen LogP contribution in [0.25, 0.3) is 0 Å². The van der Waals surface area contributed by atoms with Crippen molar-refractivity contribution in [1.29, 1.82) is 0 Å². The van der Waals surface area contributed by atoms with E-state index < -0.39 is 0 Å². The van der Waals surface area contributed by atoms with E-state index in [1.165, 1.54) is 6.07 Å². The van der Waals surface area contributed by atoms with Crippen molar-refractivity contribution in [2.45, 2.75) is 18.9 Å². The number of aryl methyl sites for hydroxylation is 1. The molecule has 0 aromatic heterocycles. The second-order valence-corrected chi connectivity index (χ2v) is 4.81. The Labute approximate surface area is 98.9 Å². The SMILES string of the molecule is Fc1cc(Br)c2c(c1)CCC(CBr)O2. The highest BCUT2D eigenvalue weighted by Crippen LogP contribution is 2.35. The lowest BCUT2D eigenvalue weighted by Crippen LogP contribution is -2.24. The first kappa shape index (κ1) is 10.4. The molecule has 0 aliphatic carbocycles. The van der Waals surface area contributed by atoms with E-state index in [2.05, 4.69) is 31.9 Å². The molecule has 2 rings (SSSR count). The van der Waals surface area contributed by atoms with Gasteiger partial charge in [-0.1, -0.05) is 15.9 Å². The molecule has 1 aliphatic heterocycles. The Bertz CT molecular complexity index is 354. The van der Waals surface area contributed by atoms with Gasteiger partial charge in [0.1, 0.15) is 17.7 Å². The third kappa shape index (κ3) is 1.96. The van der Waals surface area contributed by atoms with E-state index in [9.17, 15) is 4.39 Å². The van der Waals surface area contributed by atoms with Crippen molar-refractivity contribution >= 4 is 31.9 Å². The van der Waals surface area contributed by atoms with E-state index >= 15 is 0 Å². The van der Waals surface area contributed by atoms with Gasteiger partial charge in [-0.2, -0.15) is 0 Å². The summed E-state index contributed by atoms with van der Waals surface area (Å²) in [6, 6.07) is 2.99. The van der Waals surface area contributed by atoms with Crippen LogP contribution in [-0.2, 0) is 6.42 Å². The van der Waals surface area contributed by atoms with E-state index in [1.807, 2.05) is 0 Å². The molecule has 1 aromatic carbocycles. The quantitative estimate of drug-likeness (QED) is 0.716. The Hall–Kier alpha value is -0.0900. The summed E-state index contributed by atoms with van der Waals surface area (Å²) in [7, 11) is 0. The van der Waals surface area contributed by atoms with Gasteiger partial charge in [-0.05, 0) is 46.5 Å². The average Bonchev–Trinajstić information content (AvgIpc) is 2.17. The van der Waals surface area contributed by atoms with Gasteiger partial charge < -0.3 is 4.74 Å². The van der Waals surface area contributed by atoms with Gasteiger partial charge in [0, 0.05) is 5.33 Å². The van der Waals surface area contributed by atoms with E-state index in [1.54, 1.807) is 6.07 Å². The molecule has 0 bridgehead atoms. The fraction of sp³-hybridized carbons (Fsp3) is 0.400. The summed E-state index contributed by atoms with van der Waals surface area (Å²) in [5.41, 5.74) is 0.953. The highest BCUT2D eigenvalue weighted by atomic mass is 79.9. The highest BCUT2D eigenvalue weighted by molar-refractivity contribution is 9.10. The second-order valence-electron chi connectivity index (χ2n) is 3.31. The van der Waals surface area contributed by atoms with Crippen LogP contribution in [0.3, 0.4) is 0 Å². The standard InChI is InChI=1S/C10H9Br2FO/c11-5-8-2-1-6-3-7(13)4-9(12)10(6)14-8/h3-4,8H,1-2,5H2. The molecule has 0 saturated heterocycles. The molecule has 0 saturated carbocycles. The molecule has 1 nitrogen and oxygen atoms in total. The zero-order chi connectivity index (χ0) is 10.1. The number of alkyl halides is 1. The molecule has 4 heteroatoms. The van der Waals surface area contributed by atoms with Gasteiger partial charge in [-0.3, -0.25) is 0 Å². The normalized spacial score (nSPS) is 20.1. The smallest absolute Gasteiger partial charge is 0.137 e. The van der Waals surface area contributed by atoms with Gasteiger partial charge in [-0.25, -0.2) is 4.39 Å². The van der Waals surface area contributed by atoms with Gasteiger partial charge in [0.15, 0.2) is 0 Å². The van der Waals surface area contributed by atoms with Crippen LogP contribution < -0.4 is 4.74 Å². The van der Waals surface area contributed by atoms with Gasteiger partial charge in [0.25, 0.3) is 0 Å². The fourth-order valence-electron chi connectivity index (χ4n) is 1.58. The monoisotopic (exact) mass is 322 g/mol. The van der Waals surface area contributed by atoms with Crippen LogP contribution in [0.4, 0.5) is 4.39 Å². The van der Waals surface area contributed by atoms with Crippen molar-refractivity contribution in [1.82, 2.24) is 0 Å². The van der Waals surface area contributed by atoms with Crippen LogP contribution in [0.2, 0.25) is 0 Å². The summed E-state index contributed by atoms with van der Waals surface area (Å²) in [4.78, 5) is 0. The van der Waals surface area contributed by atoms with Gasteiger partial charge in [0.2, 0.25) is 0 Å². The van der Waals surface area contributed by atoms with E-state index in [4.69, 9.17) is 4.74 Å². The van der Waals surface area contributed by atoms with Gasteiger partial charge >= 0.3 is 0 Å². The predicted molar refractivity (Wildman–Crippen MR) is 60.6 cm³/mol. The average molecular weight is 324 g/mol. The Morgan fingerprint density at radius 2 is 2.29 bits per heavy atom. The molecule has 76 valence electrons. The lowest BCUT2D eigenvalue weighted by atomic mass is 10.0. The number of rotatable bonds is 1. The largest absolute Gasteiger partial charge is 0.488 e. The number of halogens is 3. The molecule has 1 atom stereocenters. The lowest BCUT2D eigenvalue weighted by Gasteiger charge is -2.25. The van der Waals surface area contributed by atoms with Crippen LogP contribution in [0.1, 0.15) is 12.0 Å². The topological polar surface area (TPSA) is 9.23 Å². The summed E-state index contributed by atoms with van der Waals surface area (Å²) in [6.07, 6.45) is 2.01. The first-order chi connectivity index (χ1) is 6.70. The maximum Gasteiger partial charge on any atom is 0.137 e. The van der Waals surface area contributed by atoms with Gasteiger partial charge in [0.05, 0.1) is 4.47 Å². The van der Waals surface area contributed by atoms with Crippen molar-refractivity contribution in [3.05, 3.63) is 28.0 Å². The van der Waals surface area contributed by atoms with Crippen molar-refractivity contribution in [3.63, 3.8) is 0 Å². The molecular weight excluding hydrogens is 315 g/mol. The Kier molecular flexibility index (Phi) is 3.12. The second kappa shape index (κ2) is 4.19. The summed E-state index contributed by atoms with van der Waals surface area (Å²) in [5, 5.41) is 0.816. The van der Waals surface area contributed by atoms with Crippen molar-refractivity contribution in [3.8, 4) is 5.75 Å². The zero-order valence-electron chi connectivity index (χ0n) is 7.40. The van der Waals surface area contributed by atoms with Crippen LogP contribution in [0.15, 0.2) is 16.6 Å². The molecule has 1 unspecified atom stereocenters. The maximum absolute atomic E-state index is 13.0. The highest BCUT2D eigenvalue weighted by Gasteiger charge is 2.21. The number of hydrogen-bond acceptors (Lipinski definition) is 1. The summed E-state index contributed by atoms with van der Waals surface area (Å²) in [6.45, 7) is 0. The summed E-state index contributed by atoms with van der Waals surface area (Å²) >= 11 is 6.70. The Morgan fingerprint density at radius 1 is 1.50 bits per heavy atom. The van der Waals surface area contributed by atoms with E-state index in [-0.39, 0.29) is 11.9 Å². The zero-order valence-corrected chi connectivity index (χ0v) is 10.6. The van der Waals surface area contributed by atoms with Crippen LogP contribution in [0.5, 0.6) is 5.75 Å². The van der Waals surface area contributed by atoms with Crippen LogP contribution >= 0.6 is 31.9 Å². The minimum atomic E-state index is -0.212. The third-order valence-electron chi connectivity index (χ3n) is 2.28. The molecule has 14 heavy (non-hydrogen) atoms. The number of ether oxygens (including phenoxy) is 1. The molecular formula is C10H9Br2FO. The predicted octanol–water partition coefficient (Wildman–Crippen LogP) is 3.68. The minimum Gasteiger partial charge on any atom is -0.488 e. The molecule has 0 fully saturated rings. The fourth-order valence-corrected chi connectivity index (χ4v) is 2.60. The maximum atomic E-state index is 13.0. The molecule has 0 spiro atoms. The summed E-state index contributed by atoms with van der Waals surface area (Å²) < 4.78 is 19.5. The number of hydrogen-bond donors (Lipinski definition) is 0. The van der Waals surface area contributed by atoms with Gasteiger partial charge in [-0.15, -0.1) is 0 Å². The van der Waals surface area contributed by atoms with Crippen molar-refractivity contribution in [2.24, 2.45) is 0 Å². The minimum absolute atomic E-state index is 0.198. The molecule has 1 aromatic rings. The third-order valence-corrected chi connectivity index (χ3v) is 3.59. The number of benzene rings is 1. The lowest BCUT2D eigenvalue weighted by molar-refractivity contribution is 0.196. The number of fused-ring (bicyclic) bond motifs is 1. The van der Waals surface area contributed by atoms with Crippen LogP contribution in [0, 0.1) is 5.82 Å².